The Kier molecular flexibility index (Phi) is 2.44. The summed E-state index contributed by atoms with van der Waals surface area (Å²) in [5.74, 6) is 1.72. The molecule has 3 aromatic heterocycles. The third kappa shape index (κ3) is 1.86. The zero-order valence-electron chi connectivity index (χ0n) is 13.3. The summed E-state index contributed by atoms with van der Waals surface area (Å²) in [6.45, 7) is 0.611. The second kappa shape index (κ2) is 4.66. The van der Waals surface area contributed by atoms with Crippen molar-refractivity contribution in [2.24, 2.45) is 0 Å². The number of nitrogens with zero attached hydrogens (tertiary/aromatic N) is 6. The molecule has 4 heterocycles. The molecule has 0 saturated heterocycles. The van der Waals surface area contributed by atoms with Crippen LogP contribution in [-0.4, -0.2) is 29.5 Å². The van der Waals surface area contributed by atoms with E-state index in [4.69, 9.17) is 4.52 Å². The fourth-order valence-electron chi connectivity index (χ4n) is 3.48. The molecule has 2 aliphatic rings. The van der Waals surface area contributed by atoms with E-state index in [2.05, 4.69) is 36.9 Å². The number of hydrogen-bond donors (Lipinski definition) is 0. The Morgan fingerprint density at radius 1 is 1.12 bits per heavy atom. The Hall–Kier alpha value is -3.22. The molecule has 25 heavy (non-hydrogen) atoms. The Balaban J connectivity index is 1.57. The van der Waals surface area contributed by atoms with E-state index in [1.807, 2.05) is 35.4 Å². The van der Waals surface area contributed by atoms with Gasteiger partial charge in [-0.2, -0.15) is 10.1 Å². The molecule has 0 atom stereocenters. The van der Waals surface area contributed by atoms with E-state index in [9.17, 15) is 0 Å². The second-order valence-electron chi connectivity index (χ2n) is 6.53. The number of para-hydroxylation sites is 1. The molecule has 0 spiro atoms. The highest BCUT2D eigenvalue weighted by Crippen LogP contribution is 2.40. The first kappa shape index (κ1) is 13.1. The van der Waals surface area contributed by atoms with Crippen LogP contribution in [0.2, 0.25) is 0 Å². The first-order valence-corrected chi connectivity index (χ1v) is 8.40. The number of imidazole rings is 1. The lowest BCUT2D eigenvalue weighted by Crippen LogP contribution is -2.05. The molecule has 1 aliphatic heterocycles. The predicted molar refractivity (Wildman–Crippen MR) is 89.2 cm³/mol. The van der Waals surface area contributed by atoms with Gasteiger partial charge in [0, 0.05) is 17.7 Å². The maximum absolute atomic E-state index is 5.43. The van der Waals surface area contributed by atoms with Crippen molar-refractivity contribution < 1.29 is 4.52 Å². The van der Waals surface area contributed by atoms with Crippen LogP contribution in [-0.2, 0) is 6.54 Å². The molecular weight excluding hydrogens is 316 g/mol. The number of benzene rings is 1. The summed E-state index contributed by atoms with van der Waals surface area (Å²) in [5, 5.41) is 8.65. The van der Waals surface area contributed by atoms with Crippen LogP contribution in [0.1, 0.15) is 30.3 Å². The molecule has 1 aliphatic carbocycles. The fourth-order valence-corrected chi connectivity index (χ4v) is 3.48. The van der Waals surface area contributed by atoms with Crippen LogP contribution in [0.5, 0.6) is 0 Å². The van der Waals surface area contributed by atoms with Crippen LogP contribution in [0.25, 0.3) is 28.5 Å². The van der Waals surface area contributed by atoms with Crippen molar-refractivity contribution in [2.75, 3.05) is 0 Å². The van der Waals surface area contributed by atoms with Gasteiger partial charge in [-0.1, -0.05) is 23.4 Å². The van der Waals surface area contributed by atoms with Crippen LogP contribution in [0.4, 0.5) is 0 Å². The van der Waals surface area contributed by atoms with Gasteiger partial charge in [0.05, 0.1) is 23.6 Å². The van der Waals surface area contributed by atoms with Gasteiger partial charge in [0.1, 0.15) is 12.0 Å². The molecule has 7 nitrogen and oxygen atoms in total. The third-order valence-electron chi connectivity index (χ3n) is 4.90. The Labute approximate surface area is 142 Å². The SMILES string of the molecule is c1ccc2c(c1)-c1ccnn1Cc1c(-c3noc(C4CC4)n3)ncn1-2. The van der Waals surface area contributed by atoms with Crippen LogP contribution in [0.3, 0.4) is 0 Å². The average Bonchev–Trinajstić information content (AvgIpc) is 3.07. The smallest absolute Gasteiger partial charge is 0.230 e. The van der Waals surface area contributed by atoms with Gasteiger partial charge in [-0.05, 0) is 25.0 Å². The summed E-state index contributed by atoms with van der Waals surface area (Å²) in [6.07, 6.45) is 5.93. The minimum absolute atomic E-state index is 0.431. The van der Waals surface area contributed by atoms with Crippen molar-refractivity contribution in [2.45, 2.75) is 25.3 Å². The van der Waals surface area contributed by atoms with Gasteiger partial charge in [-0.25, -0.2) is 4.98 Å². The van der Waals surface area contributed by atoms with Crippen LogP contribution in [0, 0.1) is 0 Å². The molecule has 122 valence electrons. The molecular formula is C18H14N6O. The van der Waals surface area contributed by atoms with Crippen molar-refractivity contribution in [3.63, 3.8) is 0 Å². The zero-order chi connectivity index (χ0) is 16.4. The quantitative estimate of drug-likeness (QED) is 0.497. The fraction of sp³-hybridized carbons (Fsp3) is 0.222. The maximum Gasteiger partial charge on any atom is 0.230 e. The average molecular weight is 330 g/mol. The van der Waals surface area contributed by atoms with Crippen molar-refractivity contribution in [1.82, 2.24) is 29.5 Å². The molecule has 1 saturated carbocycles. The zero-order valence-corrected chi connectivity index (χ0v) is 13.3. The highest BCUT2D eigenvalue weighted by molar-refractivity contribution is 5.72. The van der Waals surface area contributed by atoms with Gasteiger partial charge >= 0.3 is 0 Å². The molecule has 0 unspecified atom stereocenters. The van der Waals surface area contributed by atoms with E-state index < -0.39 is 0 Å². The van der Waals surface area contributed by atoms with Gasteiger partial charge in [0.15, 0.2) is 0 Å². The first-order chi connectivity index (χ1) is 12.4. The minimum atomic E-state index is 0.431. The topological polar surface area (TPSA) is 74.6 Å². The van der Waals surface area contributed by atoms with E-state index in [-0.39, 0.29) is 0 Å². The molecule has 7 heteroatoms. The van der Waals surface area contributed by atoms with Crippen LogP contribution < -0.4 is 0 Å². The minimum Gasteiger partial charge on any atom is -0.339 e. The summed E-state index contributed by atoms with van der Waals surface area (Å²) < 4.78 is 9.52. The van der Waals surface area contributed by atoms with Crippen LogP contribution in [0.15, 0.2) is 47.4 Å². The highest BCUT2D eigenvalue weighted by atomic mass is 16.5. The third-order valence-corrected chi connectivity index (χ3v) is 4.90. The molecule has 1 aromatic carbocycles. The van der Waals surface area contributed by atoms with E-state index in [1.165, 1.54) is 0 Å². The standard InChI is InChI=1S/C18H14N6O/c1-2-4-13-12(3-1)14-7-8-20-24(14)9-15-16(19-10-23(13)15)17-21-18(25-22-17)11-5-6-11/h1-4,7-8,10-11H,5-6,9H2. The lowest BCUT2D eigenvalue weighted by Gasteiger charge is -2.07. The van der Waals surface area contributed by atoms with E-state index in [0.717, 1.165) is 47.1 Å². The summed E-state index contributed by atoms with van der Waals surface area (Å²) in [7, 11) is 0. The summed E-state index contributed by atoms with van der Waals surface area (Å²) in [6, 6.07) is 10.3. The lowest BCUT2D eigenvalue weighted by molar-refractivity contribution is 0.380. The van der Waals surface area contributed by atoms with Crippen molar-refractivity contribution >= 4 is 0 Å². The van der Waals surface area contributed by atoms with Gasteiger partial charge < -0.3 is 4.52 Å². The molecule has 6 rings (SSSR count). The number of hydrogen-bond acceptors (Lipinski definition) is 5. The molecule has 0 N–H and O–H groups in total. The number of rotatable bonds is 2. The van der Waals surface area contributed by atoms with E-state index >= 15 is 0 Å². The Morgan fingerprint density at radius 2 is 2.04 bits per heavy atom. The van der Waals surface area contributed by atoms with Crippen molar-refractivity contribution in [1.29, 1.82) is 0 Å². The largest absolute Gasteiger partial charge is 0.339 e. The van der Waals surface area contributed by atoms with Crippen LogP contribution >= 0.6 is 0 Å². The first-order valence-electron chi connectivity index (χ1n) is 8.40. The molecule has 0 radical (unpaired) electrons. The molecule has 0 bridgehead atoms. The van der Waals surface area contributed by atoms with Crippen molar-refractivity contribution in [3.8, 4) is 28.5 Å². The highest BCUT2D eigenvalue weighted by Gasteiger charge is 2.31. The normalized spacial score (nSPS) is 15.4. The second-order valence-corrected chi connectivity index (χ2v) is 6.53. The Bertz CT molecular complexity index is 1100. The predicted octanol–water partition coefficient (Wildman–Crippen LogP) is 3.02. The molecule has 0 amide bonds. The number of aromatic nitrogens is 6. The summed E-state index contributed by atoms with van der Waals surface area (Å²) in [5.41, 5.74) is 5.08. The Morgan fingerprint density at radius 3 is 2.96 bits per heavy atom. The summed E-state index contributed by atoms with van der Waals surface area (Å²) in [4.78, 5) is 9.17. The van der Waals surface area contributed by atoms with Gasteiger partial charge in [-0.3, -0.25) is 9.25 Å². The molecule has 4 aromatic rings. The monoisotopic (exact) mass is 330 g/mol. The lowest BCUT2D eigenvalue weighted by atomic mass is 10.1. The number of fused-ring (bicyclic) bond motifs is 5. The van der Waals surface area contributed by atoms with Gasteiger partial charge in [0.25, 0.3) is 0 Å². The maximum atomic E-state index is 5.43. The van der Waals surface area contributed by atoms with Gasteiger partial charge in [0.2, 0.25) is 11.7 Å². The molecule has 1 fully saturated rings. The van der Waals surface area contributed by atoms with Gasteiger partial charge in [-0.15, -0.1) is 0 Å². The summed E-state index contributed by atoms with van der Waals surface area (Å²) >= 11 is 0. The van der Waals surface area contributed by atoms with E-state index in [0.29, 0.717) is 18.3 Å². The van der Waals surface area contributed by atoms with Crippen molar-refractivity contribution in [3.05, 3.63) is 54.4 Å². The van der Waals surface area contributed by atoms with E-state index in [1.54, 1.807) is 0 Å².